The number of ether oxygens (including phenoxy) is 1. The van der Waals surface area contributed by atoms with E-state index in [2.05, 4.69) is 64.4 Å². The van der Waals surface area contributed by atoms with E-state index in [0.717, 1.165) is 66.6 Å². The summed E-state index contributed by atoms with van der Waals surface area (Å²) >= 11 is 0. The highest BCUT2D eigenvalue weighted by molar-refractivity contribution is 5.83. The molecule has 0 radical (unpaired) electrons. The molecule has 8 nitrogen and oxygen atoms in total. The Labute approximate surface area is 200 Å². The molecule has 0 bridgehead atoms. The lowest BCUT2D eigenvalue weighted by Gasteiger charge is -2.35. The standard InChI is InChI=1S/C26H36N6O2/c1-4-24(25-28-29-30-32(25)16-21-10-7-11-34-21)31(20-8-5-6-9-20)15-19-14-22-18(3)12-17(2)13-23(22)27-26(19)33/h12-14,20-21,24H,4-11,15-16H2,1-3H3,(H,27,33)/t21-,24+/m1/s1. The molecule has 3 aromatic rings. The average Bonchev–Trinajstić information content (AvgIpc) is 3.58. The molecule has 1 saturated carbocycles. The lowest BCUT2D eigenvalue weighted by atomic mass is 10.0. The number of hydrogen-bond donors (Lipinski definition) is 1. The first-order valence-electron chi connectivity index (χ1n) is 12.8. The van der Waals surface area contributed by atoms with Gasteiger partial charge in [0.2, 0.25) is 0 Å². The third kappa shape index (κ3) is 4.66. The third-order valence-corrected chi connectivity index (χ3v) is 7.58. The third-order valence-electron chi connectivity index (χ3n) is 7.58. The van der Waals surface area contributed by atoms with Gasteiger partial charge in [-0.3, -0.25) is 9.69 Å². The van der Waals surface area contributed by atoms with Crippen molar-refractivity contribution in [2.24, 2.45) is 0 Å². The van der Waals surface area contributed by atoms with E-state index in [0.29, 0.717) is 19.1 Å². The fourth-order valence-corrected chi connectivity index (χ4v) is 5.89. The monoisotopic (exact) mass is 464 g/mol. The zero-order chi connectivity index (χ0) is 23.7. The van der Waals surface area contributed by atoms with Gasteiger partial charge in [-0.2, -0.15) is 0 Å². The van der Waals surface area contributed by atoms with E-state index >= 15 is 0 Å². The van der Waals surface area contributed by atoms with Crippen molar-refractivity contribution < 1.29 is 4.74 Å². The lowest BCUT2D eigenvalue weighted by Crippen LogP contribution is -2.39. The van der Waals surface area contributed by atoms with Crippen LogP contribution in [0.3, 0.4) is 0 Å². The number of hydrogen-bond acceptors (Lipinski definition) is 6. The molecule has 8 heteroatoms. The normalized spacial score (nSPS) is 20.1. The van der Waals surface area contributed by atoms with Crippen LogP contribution in [0.4, 0.5) is 0 Å². The molecule has 1 aromatic carbocycles. The number of aromatic nitrogens is 5. The molecular formula is C26H36N6O2. The molecular weight excluding hydrogens is 428 g/mol. The highest BCUT2D eigenvalue weighted by atomic mass is 16.5. The molecule has 2 aliphatic rings. The molecule has 5 rings (SSSR count). The van der Waals surface area contributed by atoms with Crippen LogP contribution in [0, 0.1) is 13.8 Å². The minimum atomic E-state index is -0.00528. The van der Waals surface area contributed by atoms with Crippen LogP contribution in [0.5, 0.6) is 0 Å². The molecule has 182 valence electrons. The highest BCUT2D eigenvalue weighted by Gasteiger charge is 2.33. The molecule has 1 aliphatic carbocycles. The Balaban J connectivity index is 1.49. The summed E-state index contributed by atoms with van der Waals surface area (Å²) in [6.07, 6.45) is 7.95. The molecule has 0 amide bonds. The zero-order valence-electron chi connectivity index (χ0n) is 20.6. The summed E-state index contributed by atoms with van der Waals surface area (Å²) in [5, 5.41) is 14.0. The highest BCUT2D eigenvalue weighted by Crippen LogP contribution is 2.34. The smallest absolute Gasteiger partial charge is 0.252 e. The Kier molecular flexibility index (Phi) is 6.79. The largest absolute Gasteiger partial charge is 0.376 e. The number of benzene rings is 1. The second kappa shape index (κ2) is 9.96. The number of rotatable bonds is 8. The average molecular weight is 465 g/mol. The van der Waals surface area contributed by atoms with Crippen LogP contribution in [0.25, 0.3) is 10.9 Å². The number of nitrogens with zero attached hydrogens (tertiary/aromatic N) is 5. The van der Waals surface area contributed by atoms with E-state index in [1.165, 1.54) is 18.4 Å². The van der Waals surface area contributed by atoms with Crippen LogP contribution >= 0.6 is 0 Å². The maximum atomic E-state index is 13.2. The number of aromatic amines is 1. The quantitative estimate of drug-likeness (QED) is 0.537. The van der Waals surface area contributed by atoms with Crippen molar-refractivity contribution in [3.63, 3.8) is 0 Å². The number of pyridine rings is 1. The van der Waals surface area contributed by atoms with Gasteiger partial charge in [-0.1, -0.05) is 25.8 Å². The summed E-state index contributed by atoms with van der Waals surface area (Å²) in [5.74, 6) is 0.883. The van der Waals surface area contributed by atoms with Gasteiger partial charge in [0.15, 0.2) is 5.82 Å². The Hall–Kier alpha value is -2.58. The fourth-order valence-electron chi connectivity index (χ4n) is 5.89. The number of tetrazole rings is 1. The van der Waals surface area contributed by atoms with Crippen molar-refractivity contribution >= 4 is 10.9 Å². The Morgan fingerprint density at radius 3 is 2.74 bits per heavy atom. The first kappa shape index (κ1) is 23.2. The van der Waals surface area contributed by atoms with Gasteiger partial charge in [0, 0.05) is 35.7 Å². The lowest BCUT2D eigenvalue weighted by molar-refractivity contribution is 0.0839. The van der Waals surface area contributed by atoms with E-state index in [-0.39, 0.29) is 17.7 Å². The summed E-state index contributed by atoms with van der Waals surface area (Å²) in [6, 6.07) is 6.79. The zero-order valence-corrected chi connectivity index (χ0v) is 20.6. The van der Waals surface area contributed by atoms with Crippen LogP contribution in [0.1, 0.15) is 80.4 Å². The summed E-state index contributed by atoms with van der Waals surface area (Å²) in [5.41, 5.74) is 4.06. The van der Waals surface area contributed by atoms with Gasteiger partial charge in [-0.25, -0.2) is 4.68 Å². The molecule has 1 aliphatic heterocycles. The molecule has 0 spiro atoms. The van der Waals surface area contributed by atoms with Crippen LogP contribution in [-0.2, 0) is 17.8 Å². The van der Waals surface area contributed by atoms with Gasteiger partial charge in [0.05, 0.1) is 18.7 Å². The summed E-state index contributed by atoms with van der Waals surface area (Å²) in [6.45, 7) is 8.46. The first-order chi connectivity index (χ1) is 16.5. The van der Waals surface area contributed by atoms with Crippen molar-refractivity contribution in [3.05, 3.63) is 51.1 Å². The number of nitrogens with one attached hydrogen (secondary N) is 1. The molecule has 3 heterocycles. The van der Waals surface area contributed by atoms with Crippen molar-refractivity contribution in [3.8, 4) is 0 Å². The maximum absolute atomic E-state index is 13.2. The van der Waals surface area contributed by atoms with Gasteiger partial charge in [-0.15, -0.1) is 5.10 Å². The van der Waals surface area contributed by atoms with Gasteiger partial charge < -0.3 is 9.72 Å². The molecule has 34 heavy (non-hydrogen) atoms. The Morgan fingerprint density at radius 2 is 2.00 bits per heavy atom. The Morgan fingerprint density at radius 1 is 1.18 bits per heavy atom. The van der Waals surface area contributed by atoms with E-state index in [9.17, 15) is 4.79 Å². The minimum absolute atomic E-state index is 0.00528. The SMILES string of the molecule is CC[C@@H](c1nnnn1C[C@H]1CCCO1)N(Cc1cc2c(C)cc(C)cc2[nH]c1=O)C1CCCC1. The maximum Gasteiger partial charge on any atom is 0.252 e. The van der Waals surface area contributed by atoms with E-state index in [1.54, 1.807) is 0 Å². The van der Waals surface area contributed by atoms with Crippen molar-refractivity contribution in [2.75, 3.05) is 6.61 Å². The van der Waals surface area contributed by atoms with Gasteiger partial charge in [0.25, 0.3) is 5.56 Å². The summed E-state index contributed by atoms with van der Waals surface area (Å²) in [4.78, 5) is 18.8. The van der Waals surface area contributed by atoms with E-state index in [1.807, 2.05) is 4.68 Å². The molecule has 1 saturated heterocycles. The van der Waals surface area contributed by atoms with Gasteiger partial charge in [-0.05, 0) is 79.6 Å². The fraction of sp³-hybridized carbons (Fsp3) is 0.615. The minimum Gasteiger partial charge on any atom is -0.376 e. The molecule has 2 aromatic heterocycles. The number of aryl methyl sites for hydroxylation is 2. The molecule has 0 unspecified atom stereocenters. The van der Waals surface area contributed by atoms with Gasteiger partial charge >= 0.3 is 0 Å². The predicted octanol–water partition coefficient (Wildman–Crippen LogP) is 4.21. The topological polar surface area (TPSA) is 88.9 Å². The van der Waals surface area contributed by atoms with Crippen molar-refractivity contribution in [1.29, 1.82) is 0 Å². The molecule has 2 fully saturated rings. The van der Waals surface area contributed by atoms with Crippen LogP contribution in [0.2, 0.25) is 0 Å². The van der Waals surface area contributed by atoms with Crippen LogP contribution < -0.4 is 5.56 Å². The van der Waals surface area contributed by atoms with Crippen LogP contribution in [0.15, 0.2) is 23.0 Å². The second-order valence-electron chi connectivity index (χ2n) is 10.1. The van der Waals surface area contributed by atoms with Crippen molar-refractivity contribution in [1.82, 2.24) is 30.1 Å². The van der Waals surface area contributed by atoms with E-state index < -0.39 is 0 Å². The first-order valence-corrected chi connectivity index (χ1v) is 12.8. The van der Waals surface area contributed by atoms with E-state index in [4.69, 9.17) is 4.74 Å². The van der Waals surface area contributed by atoms with Crippen LogP contribution in [-0.4, -0.2) is 48.8 Å². The second-order valence-corrected chi connectivity index (χ2v) is 10.1. The molecule has 1 N–H and O–H groups in total. The predicted molar refractivity (Wildman–Crippen MR) is 132 cm³/mol. The van der Waals surface area contributed by atoms with Gasteiger partial charge in [0.1, 0.15) is 0 Å². The molecule has 2 atom stereocenters. The number of H-pyrrole nitrogens is 1. The summed E-state index contributed by atoms with van der Waals surface area (Å²) < 4.78 is 7.79. The number of fused-ring (bicyclic) bond motifs is 1. The van der Waals surface area contributed by atoms with Crippen molar-refractivity contribution in [2.45, 2.75) is 97.0 Å². The Bertz CT molecular complexity index is 1190. The summed E-state index contributed by atoms with van der Waals surface area (Å²) in [7, 11) is 0.